The number of sulfonamides is 1. The summed E-state index contributed by atoms with van der Waals surface area (Å²) in [6.07, 6.45) is -0.213. The van der Waals surface area contributed by atoms with Gasteiger partial charge in [0.05, 0.1) is 20.6 Å². The third-order valence-electron chi connectivity index (χ3n) is 4.31. The van der Waals surface area contributed by atoms with Crippen LogP contribution in [0, 0.1) is 0 Å². The number of amides is 1. The van der Waals surface area contributed by atoms with Crippen molar-refractivity contribution < 1.29 is 17.9 Å². The van der Waals surface area contributed by atoms with Gasteiger partial charge in [0.2, 0.25) is 0 Å². The van der Waals surface area contributed by atoms with Crippen molar-refractivity contribution in [2.24, 2.45) is 0 Å². The van der Waals surface area contributed by atoms with Crippen LogP contribution in [0.5, 0.6) is 5.75 Å². The predicted molar refractivity (Wildman–Crippen MR) is 123 cm³/mol. The first kappa shape index (κ1) is 22.9. The van der Waals surface area contributed by atoms with Crippen molar-refractivity contribution in [3.8, 4) is 5.75 Å². The molecular formula is C22H20Cl2N2O4S. The topological polar surface area (TPSA) is 84.5 Å². The van der Waals surface area contributed by atoms with E-state index in [2.05, 4.69) is 10.0 Å². The van der Waals surface area contributed by atoms with Crippen molar-refractivity contribution in [3.63, 3.8) is 0 Å². The van der Waals surface area contributed by atoms with Gasteiger partial charge in [0.1, 0.15) is 5.75 Å². The van der Waals surface area contributed by atoms with Crippen LogP contribution in [0.25, 0.3) is 0 Å². The summed E-state index contributed by atoms with van der Waals surface area (Å²) in [6, 6.07) is 19.5. The second kappa shape index (κ2) is 10.0. The van der Waals surface area contributed by atoms with Crippen molar-refractivity contribution in [1.82, 2.24) is 0 Å². The molecule has 0 aliphatic rings. The lowest BCUT2D eigenvalue weighted by atomic mass is 10.2. The van der Waals surface area contributed by atoms with Crippen molar-refractivity contribution in [2.45, 2.75) is 24.3 Å². The molecule has 31 heavy (non-hydrogen) atoms. The molecule has 0 aliphatic heterocycles. The molecule has 0 saturated carbocycles. The number of ether oxygens (including phenoxy) is 1. The van der Waals surface area contributed by atoms with Crippen LogP contribution in [0.3, 0.4) is 0 Å². The van der Waals surface area contributed by atoms with Gasteiger partial charge in [0, 0.05) is 5.69 Å². The molecule has 3 aromatic rings. The lowest BCUT2D eigenvalue weighted by molar-refractivity contribution is -0.122. The van der Waals surface area contributed by atoms with E-state index in [0.29, 0.717) is 17.9 Å². The highest BCUT2D eigenvalue weighted by atomic mass is 35.5. The third kappa shape index (κ3) is 5.91. The Morgan fingerprint density at radius 2 is 1.65 bits per heavy atom. The van der Waals surface area contributed by atoms with Crippen LogP contribution in [0.15, 0.2) is 77.7 Å². The average Bonchev–Trinajstić information content (AvgIpc) is 2.76. The van der Waals surface area contributed by atoms with E-state index in [9.17, 15) is 13.2 Å². The second-order valence-corrected chi connectivity index (χ2v) is 9.02. The average molecular weight is 479 g/mol. The Morgan fingerprint density at radius 3 is 2.29 bits per heavy atom. The zero-order valence-electron chi connectivity index (χ0n) is 16.5. The zero-order chi connectivity index (χ0) is 22.4. The molecule has 6 nitrogen and oxygen atoms in total. The fourth-order valence-electron chi connectivity index (χ4n) is 2.71. The molecule has 0 radical (unpaired) electrons. The molecule has 0 spiro atoms. The van der Waals surface area contributed by atoms with E-state index in [1.165, 1.54) is 30.3 Å². The second-order valence-electron chi connectivity index (χ2n) is 6.55. The van der Waals surface area contributed by atoms with Gasteiger partial charge in [0.25, 0.3) is 15.9 Å². The lowest BCUT2D eigenvalue weighted by Crippen LogP contribution is -2.32. The van der Waals surface area contributed by atoms with Gasteiger partial charge in [-0.2, -0.15) is 0 Å². The molecule has 0 aliphatic carbocycles. The van der Waals surface area contributed by atoms with E-state index in [0.717, 1.165) is 0 Å². The molecule has 0 aromatic heterocycles. The molecule has 0 fully saturated rings. The summed E-state index contributed by atoms with van der Waals surface area (Å²) in [6.45, 7) is 1.84. The first-order valence-electron chi connectivity index (χ1n) is 9.39. The van der Waals surface area contributed by atoms with E-state index in [4.69, 9.17) is 27.9 Å². The highest BCUT2D eigenvalue weighted by molar-refractivity contribution is 7.92. The SMILES string of the molecule is CC[C@@H](Oc1ccccc1)C(=O)Nc1ccc(S(=O)(=O)Nc2cccc(Cl)c2Cl)cc1. The Morgan fingerprint density at radius 1 is 0.968 bits per heavy atom. The highest BCUT2D eigenvalue weighted by Crippen LogP contribution is 2.31. The van der Waals surface area contributed by atoms with Gasteiger partial charge in [-0.25, -0.2) is 8.42 Å². The van der Waals surface area contributed by atoms with Gasteiger partial charge < -0.3 is 10.1 Å². The summed E-state index contributed by atoms with van der Waals surface area (Å²) in [5.41, 5.74) is 0.621. The van der Waals surface area contributed by atoms with Crippen LogP contribution in [0.2, 0.25) is 10.0 Å². The first-order chi connectivity index (χ1) is 14.8. The lowest BCUT2D eigenvalue weighted by Gasteiger charge is -2.17. The number of para-hydroxylation sites is 1. The molecule has 0 heterocycles. The molecule has 3 aromatic carbocycles. The summed E-state index contributed by atoms with van der Waals surface area (Å²) in [5, 5.41) is 3.09. The maximum atomic E-state index is 12.6. The van der Waals surface area contributed by atoms with Gasteiger partial charge in [0.15, 0.2) is 6.10 Å². The Hall–Kier alpha value is -2.74. The molecular weight excluding hydrogens is 459 g/mol. The maximum Gasteiger partial charge on any atom is 0.265 e. The highest BCUT2D eigenvalue weighted by Gasteiger charge is 2.20. The number of carbonyl (C=O) groups excluding carboxylic acids is 1. The standard InChI is InChI=1S/C22H20Cl2N2O4S/c1-2-20(30-16-7-4-3-5-8-16)22(27)25-15-11-13-17(14-12-15)31(28,29)26-19-10-6-9-18(23)21(19)24/h3-14,20,26H,2H2,1H3,(H,25,27)/t20-/m1/s1. The van der Waals surface area contributed by atoms with E-state index in [1.54, 1.807) is 24.3 Å². The van der Waals surface area contributed by atoms with Crippen LogP contribution in [0.1, 0.15) is 13.3 Å². The quantitative estimate of drug-likeness (QED) is 0.441. The van der Waals surface area contributed by atoms with Crippen LogP contribution in [-0.2, 0) is 14.8 Å². The minimum atomic E-state index is -3.89. The molecule has 0 bridgehead atoms. The Kier molecular flexibility index (Phi) is 7.43. The third-order valence-corrected chi connectivity index (χ3v) is 6.51. The number of nitrogens with one attached hydrogen (secondary N) is 2. The summed E-state index contributed by atoms with van der Waals surface area (Å²) in [7, 11) is -3.89. The van der Waals surface area contributed by atoms with E-state index >= 15 is 0 Å². The molecule has 3 rings (SSSR count). The minimum absolute atomic E-state index is 0.00844. The monoisotopic (exact) mass is 478 g/mol. The fourth-order valence-corrected chi connectivity index (χ4v) is 4.19. The van der Waals surface area contributed by atoms with Crippen molar-refractivity contribution in [1.29, 1.82) is 0 Å². The fraction of sp³-hybridized carbons (Fsp3) is 0.136. The number of rotatable bonds is 8. The van der Waals surface area contributed by atoms with Crippen LogP contribution >= 0.6 is 23.2 Å². The molecule has 162 valence electrons. The summed E-state index contributed by atoms with van der Waals surface area (Å²) >= 11 is 12.0. The largest absolute Gasteiger partial charge is 0.481 e. The number of carbonyl (C=O) groups is 1. The van der Waals surface area contributed by atoms with Gasteiger partial charge in [-0.1, -0.05) is 54.4 Å². The summed E-state index contributed by atoms with van der Waals surface area (Å²) in [4.78, 5) is 12.6. The number of hydrogen-bond acceptors (Lipinski definition) is 4. The van der Waals surface area contributed by atoms with Crippen LogP contribution in [0.4, 0.5) is 11.4 Å². The Bertz CT molecular complexity index is 1150. The summed E-state index contributed by atoms with van der Waals surface area (Å²) in [5.74, 6) is 0.266. The molecule has 0 unspecified atom stereocenters. The van der Waals surface area contributed by atoms with E-state index < -0.39 is 16.1 Å². The van der Waals surface area contributed by atoms with Crippen molar-refractivity contribution in [2.75, 3.05) is 10.0 Å². The molecule has 1 amide bonds. The van der Waals surface area contributed by atoms with E-state index in [-0.39, 0.29) is 26.5 Å². The van der Waals surface area contributed by atoms with Crippen LogP contribution in [-0.4, -0.2) is 20.4 Å². The van der Waals surface area contributed by atoms with Gasteiger partial charge in [-0.3, -0.25) is 9.52 Å². The Labute approximate surface area is 191 Å². The van der Waals surface area contributed by atoms with E-state index in [1.807, 2.05) is 25.1 Å². The minimum Gasteiger partial charge on any atom is -0.481 e. The van der Waals surface area contributed by atoms with Crippen molar-refractivity contribution in [3.05, 3.63) is 82.8 Å². The van der Waals surface area contributed by atoms with Gasteiger partial charge in [-0.15, -0.1) is 0 Å². The van der Waals surface area contributed by atoms with Crippen molar-refractivity contribution >= 4 is 50.5 Å². The predicted octanol–water partition coefficient (Wildman–Crippen LogP) is 5.59. The maximum absolute atomic E-state index is 12.6. The number of hydrogen-bond donors (Lipinski definition) is 2. The zero-order valence-corrected chi connectivity index (χ0v) is 18.8. The first-order valence-corrected chi connectivity index (χ1v) is 11.6. The van der Waals surface area contributed by atoms with Gasteiger partial charge in [-0.05, 0) is 55.0 Å². The smallest absolute Gasteiger partial charge is 0.265 e. The van der Waals surface area contributed by atoms with Gasteiger partial charge >= 0.3 is 0 Å². The Balaban J connectivity index is 1.69. The molecule has 2 N–H and O–H groups in total. The number of halogens is 2. The number of benzene rings is 3. The molecule has 9 heteroatoms. The van der Waals surface area contributed by atoms with Crippen LogP contribution < -0.4 is 14.8 Å². The molecule has 1 atom stereocenters. The normalized spacial score (nSPS) is 12.1. The number of anilines is 2. The summed E-state index contributed by atoms with van der Waals surface area (Å²) < 4.78 is 33.4. The molecule has 0 saturated heterocycles.